The zero-order chi connectivity index (χ0) is 29.9. The van der Waals surface area contributed by atoms with Crippen molar-refractivity contribution in [1.29, 1.82) is 0 Å². The minimum absolute atomic E-state index is 0.00864. The Morgan fingerprint density at radius 2 is 1.95 bits per heavy atom. The van der Waals surface area contributed by atoms with Crippen LogP contribution in [0.3, 0.4) is 0 Å². The van der Waals surface area contributed by atoms with Crippen LogP contribution in [0.4, 0.5) is 23.4 Å². The van der Waals surface area contributed by atoms with E-state index in [-0.39, 0.29) is 60.5 Å². The van der Waals surface area contributed by atoms with Gasteiger partial charge in [0.2, 0.25) is 15.9 Å². The van der Waals surface area contributed by atoms with Crippen LogP contribution in [0.15, 0.2) is 29.2 Å². The van der Waals surface area contributed by atoms with Crippen molar-refractivity contribution in [3.8, 4) is 0 Å². The van der Waals surface area contributed by atoms with E-state index in [1.807, 2.05) is 0 Å². The number of amides is 2. The van der Waals surface area contributed by atoms with Gasteiger partial charge in [-0.05, 0) is 32.4 Å². The molecule has 41 heavy (non-hydrogen) atoms. The van der Waals surface area contributed by atoms with Gasteiger partial charge in [0.25, 0.3) is 11.5 Å². The molecule has 3 aromatic heterocycles. The molecule has 0 radical (unpaired) electrons. The van der Waals surface area contributed by atoms with Gasteiger partial charge in [-0.3, -0.25) is 14.4 Å². The Morgan fingerprint density at radius 3 is 2.59 bits per heavy atom. The number of sulfonamides is 1. The molecule has 0 aromatic carbocycles. The van der Waals surface area contributed by atoms with Gasteiger partial charge < -0.3 is 14.8 Å². The van der Waals surface area contributed by atoms with Crippen LogP contribution in [0.1, 0.15) is 47.9 Å². The minimum atomic E-state index is -4.90. The van der Waals surface area contributed by atoms with E-state index in [0.717, 1.165) is 21.1 Å². The fourth-order valence-electron chi connectivity index (χ4n) is 5.08. The third-order valence-electron chi connectivity index (χ3n) is 7.01. The summed E-state index contributed by atoms with van der Waals surface area (Å²) in [6.07, 6.45) is -3.83. The molecular weight excluding hydrogens is 574 g/mol. The topological polar surface area (TPSA) is 139 Å². The second kappa shape index (κ2) is 10.2. The number of aromatic nitrogens is 4. The first-order chi connectivity index (χ1) is 19.1. The number of carbonyl (C=O) groups is 2. The van der Waals surface area contributed by atoms with Gasteiger partial charge in [-0.15, -0.1) is 0 Å². The van der Waals surface area contributed by atoms with Crippen molar-refractivity contribution in [3.63, 3.8) is 0 Å². The summed E-state index contributed by atoms with van der Waals surface area (Å²) in [6.45, 7) is 2.63. The smallest absolute Gasteiger partial charge is 0.330 e. The lowest BCUT2D eigenvalue weighted by Gasteiger charge is -2.20. The molecule has 2 amide bonds. The lowest BCUT2D eigenvalue weighted by atomic mass is 10.1. The molecular formula is C24H25F4N7O5S. The van der Waals surface area contributed by atoms with E-state index in [4.69, 9.17) is 0 Å². The van der Waals surface area contributed by atoms with Crippen LogP contribution >= 0.6 is 0 Å². The zero-order valence-corrected chi connectivity index (χ0v) is 22.7. The maximum atomic E-state index is 13.4. The highest BCUT2D eigenvalue weighted by Crippen LogP contribution is 2.32. The summed E-state index contributed by atoms with van der Waals surface area (Å²) in [5, 5.41) is 6.85. The summed E-state index contributed by atoms with van der Waals surface area (Å²) in [6, 6.07) is 3.53. The highest BCUT2D eigenvalue weighted by Gasteiger charge is 2.42. The third-order valence-corrected chi connectivity index (χ3v) is 8.82. The molecule has 0 bridgehead atoms. The van der Waals surface area contributed by atoms with Crippen LogP contribution < -0.4 is 10.9 Å². The maximum Gasteiger partial charge on any atom is 0.404 e. The molecule has 12 nitrogen and oxygen atoms in total. The van der Waals surface area contributed by atoms with E-state index in [1.165, 1.54) is 21.6 Å². The number of hydrogen-bond acceptors (Lipinski definition) is 7. The van der Waals surface area contributed by atoms with Crippen molar-refractivity contribution < 1.29 is 35.6 Å². The maximum absolute atomic E-state index is 13.4. The van der Waals surface area contributed by atoms with Crippen LogP contribution in [0.5, 0.6) is 0 Å². The molecule has 0 saturated carbocycles. The summed E-state index contributed by atoms with van der Waals surface area (Å²) in [5.74, 6) is -4.27. The molecule has 1 saturated heterocycles. The first kappa shape index (κ1) is 28.7. The molecule has 17 heteroatoms. The van der Waals surface area contributed by atoms with Crippen LogP contribution in [-0.4, -0.2) is 79.7 Å². The van der Waals surface area contributed by atoms with Crippen molar-refractivity contribution in [2.45, 2.75) is 51.5 Å². The Hall–Kier alpha value is -3.86. The number of anilines is 1. The quantitative estimate of drug-likeness (QED) is 0.408. The molecule has 2 aliphatic rings. The van der Waals surface area contributed by atoms with Gasteiger partial charge in [0.1, 0.15) is 29.5 Å². The van der Waals surface area contributed by atoms with Gasteiger partial charge in [0, 0.05) is 31.1 Å². The molecule has 1 unspecified atom stereocenters. The number of pyridine rings is 1. The predicted molar refractivity (Wildman–Crippen MR) is 136 cm³/mol. The van der Waals surface area contributed by atoms with Crippen molar-refractivity contribution in [1.82, 2.24) is 28.4 Å². The number of nitrogens with zero attached hydrogens (tertiary/aromatic N) is 6. The molecule has 3 aromatic rings. The molecule has 5 heterocycles. The second-order valence-electron chi connectivity index (χ2n) is 10.2. The van der Waals surface area contributed by atoms with E-state index in [0.29, 0.717) is 0 Å². The summed E-state index contributed by atoms with van der Waals surface area (Å²) >= 11 is 0. The monoisotopic (exact) mass is 599 g/mol. The first-order valence-electron chi connectivity index (χ1n) is 12.6. The molecule has 1 N–H and O–H groups in total. The van der Waals surface area contributed by atoms with Crippen molar-refractivity contribution in [3.05, 3.63) is 57.5 Å². The summed E-state index contributed by atoms with van der Waals surface area (Å²) in [4.78, 5) is 45.0. The average Bonchev–Trinajstić information content (AvgIpc) is 3.59. The van der Waals surface area contributed by atoms with E-state index in [2.05, 4.69) is 15.4 Å². The second-order valence-corrected chi connectivity index (χ2v) is 12.2. The van der Waals surface area contributed by atoms with Crippen LogP contribution in [0, 0.1) is 5.82 Å². The van der Waals surface area contributed by atoms with E-state index >= 15 is 0 Å². The normalized spacial score (nSPS) is 18.1. The highest BCUT2D eigenvalue weighted by atomic mass is 32.2. The lowest BCUT2D eigenvalue weighted by Crippen LogP contribution is -2.36. The van der Waals surface area contributed by atoms with Gasteiger partial charge in [0.05, 0.1) is 24.0 Å². The Kier molecular flexibility index (Phi) is 7.13. The average molecular weight is 600 g/mol. The van der Waals surface area contributed by atoms with Gasteiger partial charge >= 0.3 is 6.18 Å². The Morgan fingerprint density at radius 1 is 1.22 bits per heavy atom. The fourth-order valence-corrected chi connectivity index (χ4v) is 6.46. The molecule has 220 valence electrons. The van der Waals surface area contributed by atoms with E-state index < -0.39 is 57.6 Å². The minimum Gasteiger partial charge on any atom is -0.330 e. The van der Waals surface area contributed by atoms with Crippen LogP contribution in [0.25, 0.3) is 5.65 Å². The highest BCUT2D eigenvalue weighted by molar-refractivity contribution is 7.89. The van der Waals surface area contributed by atoms with Crippen LogP contribution in [0.2, 0.25) is 0 Å². The van der Waals surface area contributed by atoms with E-state index in [1.54, 1.807) is 13.8 Å². The number of halogens is 4. The number of nitrogens with one attached hydrogen (secondary N) is 1. The molecule has 5 rings (SSSR count). The molecule has 0 aliphatic carbocycles. The SMILES string of the molecule is CC(C)N1Cc2c(n(CC(=O)Nc3ccc(F)cn3)c3cc(C4CCN(S(=O)(=O)CC(F)(F)F)C4)nn3c2=O)C1=O. The summed E-state index contributed by atoms with van der Waals surface area (Å²) in [5.41, 5.74) is -0.196. The van der Waals surface area contributed by atoms with Crippen LogP contribution in [-0.2, 0) is 27.9 Å². The summed E-state index contributed by atoms with van der Waals surface area (Å²) in [7, 11) is -4.61. The number of rotatable bonds is 7. The summed E-state index contributed by atoms with van der Waals surface area (Å²) < 4.78 is 79.2. The number of hydrogen-bond donors (Lipinski definition) is 1. The Balaban J connectivity index is 1.52. The van der Waals surface area contributed by atoms with E-state index in [9.17, 15) is 40.4 Å². The zero-order valence-electron chi connectivity index (χ0n) is 21.9. The van der Waals surface area contributed by atoms with Gasteiger partial charge in [-0.25, -0.2) is 22.1 Å². The van der Waals surface area contributed by atoms with Crippen molar-refractivity contribution in [2.75, 3.05) is 24.2 Å². The standard InChI is InChI=1S/C24H25F4N7O5S/c1-13(2)33-10-16-21(23(33)38)34(11-19(36)30-18-4-3-15(25)8-29-18)20-7-17(31-35(20)22(16)37)14-5-6-32(9-14)41(39,40)12-24(26,27)28/h3-4,7-8,13-14H,5-6,9-12H2,1-2H3,(H,29,30,36). The Bertz CT molecular complexity index is 1700. The number of alkyl halides is 3. The lowest BCUT2D eigenvalue weighted by molar-refractivity contribution is -0.116. The largest absolute Gasteiger partial charge is 0.404 e. The van der Waals surface area contributed by atoms with Crippen molar-refractivity contribution >= 4 is 33.3 Å². The first-order valence-corrected chi connectivity index (χ1v) is 14.2. The van der Waals surface area contributed by atoms with Crippen molar-refractivity contribution in [2.24, 2.45) is 0 Å². The fraction of sp³-hybridized carbons (Fsp3) is 0.458. The molecule has 2 aliphatic heterocycles. The third kappa shape index (κ3) is 5.55. The number of fused-ring (bicyclic) bond motifs is 2. The Labute approximate surface area is 230 Å². The van der Waals surface area contributed by atoms with Gasteiger partial charge in [-0.1, -0.05) is 0 Å². The predicted octanol–water partition coefficient (Wildman–Crippen LogP) is 1.71. The van der Waals surface area contributed by atoms with Gasteiger partial charge in [0.15, 0.2) is 5.75 Å². The number of carbonyl (C=O) groups excluding carboxylic acids is 2. The van der Waals surface area contributed by atoms with Gasteiger partial charge in [-0.2, -0.15) is 22.8 Å². The molecule has 1 fully saturated rings. The molecule has 1 atom stereocenters. The molecule has 0 spiro atoms.